The number of anilines is 2. The van der Waals surface area contributed by atoms with Crippen molar-refractivity contribution in [1.29, 1.82) is 0 Å². The van der Waals surface area contributed by atoms with Crippen molar-refractivity contribution >= 4 is 23.2 Å². The molecule has 0 spiro atoms. The molecule has 2 aromatic carbocycles. The molecule has 2 N–H and O–H groups in total. The Morgan fingerprint density at radius 1 is 0.676 bits per heavy atom. The molecule has 0 atom stereocenters. The fraction of sp³-hybridized carbons (Fsp3) is 0.0833. The lowest BCUT2D eigenvalue weighted by Gasteiger charge is -2.14. The molecule has 10 nitrogen and oxygen atoms in total. The Hall–Kier alpha value is -4.86. The van der Waals surface area contributed by atoms with Crippen LogP contribution in [-0.4, -0.2) is 46.0 Å². The van der Waals surface area contributed by atoms with Crippen molar-refractivity contribution in [2.24, 2.45) is 0 Å². The summed E-state index contributed by atoms with van der Waals surface area (Å²) in [6, 6.07) is 10.7. The Morgan fingerprint density at radius 3 is 1.47 bits per heavy atom. The fourth-order valence-corrected chi connectivity index (χ4v) is 3.15. The summed E-state index contributed by atoms with van der Waals surface area (Å²) >= 11 is 0. The highest BCUT2D eigenvalue weighted by Gasteiger charge is 2.15. The Labute approximate surface area is 195 Å². The lowest BCUT2D eigenvalue weighted by molar-refractivity contribution is 0.101. The highest BCUT2D eigenvalue weighted by Crippen LogP contribution is 2.35. The summed E-state index contributed by atoms with van der Waals surface area (Å²) in [4.78, 5) is 40.6. The van der Waals surface area contributed by atoms with Crippen molar-refractivity contribution < 1.29 is 19.1 Å². The summed E-state index contributed by atoms with van der Waals surface area (Å²) in [6.07, 6.45) is 8.64. The number of benzene rings is 2. The maximum absolute atomic E-state index is 12.4. The third-order valence-corrected chi connectivity index (χ3v) is 4.82. The van der Waals surface area contributed by atoms with Gasteiger partial charge in [0.15, 0.2) is 0 Å². The van der Waals surface area contributed by atoms with E-state index >= 15 is 0 Å². The number of hydrogen-bond donors (Lipinski definition) is 2. The van der Waals surface area contributed by atoms with E-state index in [-0.39, 0.29) is 11.4 Å². The Morgan fingerprint density at radius 2 is 1.12 bits per heavy atom. The van der Waals surface area contributed by atoms with Crippen molar-refractivity contribution in [2.45, 2.75) is 0 Å². The predicted molar refractivity (Wildman–Crippen MR) is 125 cm³/mol. The van der Waals surface area contributed by atoms with Crippen LogP contribution in [0.4, 0.5) is 11.4 Å². The second-order valence-corrected chi connectivity index (χ2v) is 6.92. The number of carbonyl (C=O) groups excluding carboxylic acids is 2. The van der Waals surface area contributed by atoms with Gasteiger partial charge in [0.1, 0.15) is 22.9 Å². The molecule has 2 heterocycles. The average Bonchev–Trinajstić information content (AvgIpc) is 2.90. The molecule has 0 fully saturated rings. The molecule has 0 bridgehead atoms. The van der Waals surface area contributed by atoms with Crippen LogP contribution in [0.1, 0.15) is 21.0 Å². The number of amides is 2. The van der Waals surface area contributed by atoms with Gasteiger partial charge in [-0.15, -0.1) is 0 Å². The highest BCUT2D eigenvalue weighted by molar-refractivity contribution is 6.04. The Kier molecular flexibility index (Phi) is 6.68. The topological polar surface area (TPSA) is 128 Å². The van der Waals surface area contributed by atoms with E-state index in [0.29, 0.717) is 22.9 Å². The lowest BCUT2D eigenvalue weighted by atomic mass is 10.0. The first-order valence-corrected chi connectivity index (χ1v) is 10.1. The van der Waals surface area contributed by atoms with E-state index < -0.39 is 11.8 Å². The van der Waals surface area contributed by atoms with Crippen molar-refractivity contribution in [1.82, 2.24) is 19.9 Å². The third-order valence-electron chi connectivity index (χ3n) is 4.82. The number of nitrogens with one attached hydrogen (secondary N) is 2. The number of carbonyl (C=O) groups is 2. The lowest BCUT2D eigenvalue weighted by Crippen LogP contribution is -2.14. The number of aromatic nitrogens is 4. The quantitative estimate of drug-likeness (QED) is 0.433. The zero-order chi connectivity index (χ0) is 23.9. The van der Waals surface area contributed by atoms with Gasteiger partial charge in [-0.3, -0.25) is 19.6 Å². The minimum atomic E-state index is -0.399. The minimum Gasteiger partial charge on any atom is -0.495 e. The van der Waals surface area contributed by atoms with E-state index in [0.717, 1.165) is 11.1 Å². The first kappa shape index (κ1) is 22.3. The number of nitrogens with zero attached hydrogens (tertiary/aromatic N) is 4. The zero-order valence-electron chi connectivity index (χ0n) is 18.4. The maximum Gasteiger partial charge on any atom is 0.275 e. The first-order valence-electron chi connectivity index (χ1n) is 10.1. The summed E-state index contributed by atoms with van der Waals surface area (Å²) in [5.41, 5.74) is 3.00. The predicted octanol–water partition coefficient (Wildman–Crippen LogP) is 3.46. The summed E-state index contributed by atoms with van der Waals surface area (Å²) in [5.74, 6) is 0.135. The smallest absolute Gasteiger partial charge is 0.275 e. The molecule has 2 aromatic heterocycles. The van der Waals surface area contributed by atoms with Crippen molar-refractivity contribution in [3.05, 3.63) is 85.0 Å². The molecule has 0 unspecified atom stereocenters. The van der Waals surface area contributed by atoms with E-state index in [2.05, 4.69) is 30.6 Å². The van der Waals surface area contributed by atoms with Crippen LogP contribution in [0, 0.1) is 0 Å². The molecular formula is C24H20N6O4. The van der Waals surface area contributed by atoms with Crippen LogP contribution in [0.2, 0.25) is 0 Å². The third kappa shape index (κ3) is 4.96. The molecule has 0 aliphatic carbocycles. The van der Waals surface area contributed by atoms with Gasteiger partial charge in [0, 0.05) is 24.8 Å². The van der Waals surface area contributed by atoms with E-state index in [1.54, 1.807) is 24.3 Å². The van der Waals surface area contributed by atoms with Crippen molar-refractivity contribution in [3.8, 4) is 22.6 Å². The fourth-order valence-electron chi connectivity index (χ4n) is 3.15. The molecule has 0 aliphatic heterocycles. The summed E-state index contributed by atoms with van der Waals surface area (Å²) < 4.78 is 10.9. The second kappa shape index (κ2) is 10.2. The van der Waals surface area contributed by atoms with Gasteiger partial charge in [-0.25, -0.2) is 9.97 Å². The van der Waals surface area contributed by atoms with Gasteiger partial charge < -0.3 is 20.1 Å². The SMILES string of the molecule is COc1cc(-c2ccc(NC(=O)c3cnccn3)c(OC)c2)ccc1NC(=O)c1cnccn1. The van der Waals surface area contributed by atoms with Gasteiger partial charge in [-0.2, -0.15) is 0 Å². The normalized spacial score (nSPS) is 10.3. The molecule has 10 heteroatoms. The molecule has 4 rings (SSSR count). The van der Waals surface area contributed by atoms with Gasteiger partial charge in [0.05, 0.1) is 38.0 Å². The Bertz CT molecular complexity index is 1210. The molecule has 0 radical (unpaired) electrons. The first-order chi connectivity index (χ1) is 16.6. The van der Waals surface area contributed by atoms with Crippen molar-refractivity contribution in [3.63, 3.8) is 0 Å². The van der Waals surface area contributed by atoms with Gasteiger partial charge in [0.2, 0.25) is 0 Å². The second-order valence-electron chi connectivity index (χ2n) is 6.92. The van der Waals surface area contributed by atoms with Gasteiger partial charge in [-0.05, 0) is 35.4 Å². The molecule has 0 aliphatic rings. The van der Waals surface area contributed by atoms with E-state index in [4.69, 9.17) is 9.47 Å². The van der Waals surface area contributed by atoms with Crippen LogP contribution in [0.25, 0.3) is 11.1 Å². The number of methoxy groups -OCH3 is 2. The maximum atomic E-state index is 12.4. The summed E-state index contributed by atoms with van der Waals surface area (Å²) in [7, 11) is 3.03. The van der Waals surface area contributed by atoms with Crippen LogP contribution in [0.3, 0.4) is 0 Å². The number of rotatable bonds is 7. The zero-order valence-corrected chi connectivity index (χ0v) is 18.4. The van der Waals surface area contributed by atoms with Gasteiger partial charge in [0.25, 0.3) is 11.8 Å². The largest absolute Gasteiger partial charge is 0.495 e. The summed E-state index contributed by atoms with van der Waals surface area (Å²) in [5, 5.41) is 5.55. The van der Waals surface area contributed by atoms with Crippen LogP contribution in [-0.2, 0) is 0 Å². The molecular weight excluding hydrogens is 436 g/mol. The molecule has 0 saturated carbocycles. The molecule has 0 saturated heterocycles. The van der Waals surface area contributed by atoms with E-state index in [1.807, 2.05) is 12.1 Å². The van der Waals surface area contributed by atoms with E-state index in [9.17, 15) is 9.59 Å². The molecule has 2 amide bonds. The molecule has 34 heavy (non-hydrogen) atoms. The number of ether oxygens (including phenoxy) is 2. The summed E-state index contributed by atoms with van der Waals surface area (Å²) in [6.45, 7) is 0. The van der Waals surface area contributed by atoms with E-state index in [1.165, 1.54) is 51.4 Å². The number of hydrogen-bond acceptors (Lipinski definition) is 8. The van der Waals surface area contributed by atoms with Crippen LogP contribution < -0.4 is 20.1 Å². The van der Waals surface area contributed by atoms with Gasteiger partial charge in [-0.1, -0.05) is 12.1 Å². The van der Waals surface area contributed by atoms with Crippen LogP contribution >= 0.6 is 0 Å². The van der Waals surface area contributed by atoms with Crippen molar-refractivity contribution in [2.75, 3.05) is 24.9 Å². The van der Waals surface area contributed by atoms with Gasteiger partial charge >= 0.3 is 0 Å². The standard InChI is InChI=1S/C24H20N6O4/c1-33-21-11-15(3-5-17(21)29-23(31)19-13-25-7-9-27-19)16-4-6-18(22(12-16)34-2)30-24(32)20-14-26-8-10-28-20/h3-14H,1-2H3,(H,29,31)(H,30,32). The average molecular weight is 456 g/mol. The molecule has 4 aromatic rings. The minimum absolute atomic E-state index is 0.192. The van der Waals surface area contributed by atoms with Crippen LogP contribution in [0.5, 0.6) is 11.5 Å². The Balaban J connectivity index is 1.56. The van der Waals surface area contributed by atoms with Crippen LogP contribution in [0.15, 0.2) is 73.6 Å². The molecule has 170 valence electrons. The monoisotopic (exact) mass is 456 g/mol. The highest BCUT2D eigenvalue weighted by atomic mass is 16.5.